The molecule has 0 aliphatic carbocycles. The second-order valence-corrected chi connectivity index (χ2v) is 19.4. The third-order valence-corrected chi connectivity index (χ3v) is 12.2. The van der Waals surface area contributed by atoms with Crippen LogP contribution < -0.4 is 0 Å². The summed E-state index contributed by atoms with van der Waals surface area (Å²) in [6, 6.07) is 0. The van der Waals surface area contributed by atoms with Gasteiger partial charge in [-0.3, -0.25) is 23.4 Å². The SMILES string of the molecule is CC/C=C\C/C=C\C/C=C\CCCCCCCC(=O)OCC(COP(=O)(O)OCC(CO)OC(=O)CCCCC/C=C\C/C=C\C/C=C\CC)OC(=O)CCCCCCC/C=C\CCCCCCCC. The summed E-state index contributed by atoms with van der Waals surface area (Å²) in [4.78, 5) is 48.4. The fourth-order valence-corrected chi connectivity index (χ4v) is 7.93. The lowest BCUT2D eigenvalue weighted by atomic mass is 10.1. The maximum absolute atomic E-state index is 12.9. The van der Waals surface area contributed by atoms with Crippen molar-refractivity contribution < 1.29 is 52.2 Å². The summed E-state index contributed by atoms with van der Waals surface area (Å²) >= 11 is 0. The number of ether oxygens (including phenoxy) is 3. The highest BCUT2D eigenvalue weighted by Crippen LogP contribution is 2.43. The van der Waals surface area contributed by atoms with Gasteiger partial charge in [-0.2, -0.15) is 0 Å². The number of hydrogen-bond donors (Lipinski definition) is 2. The lowest BCUT2D eigenvalue weighted by Crippen LogP contribution is -2.30. The van der Waals surface area contributed by atoms with Gasteiger partial charge in [0.2, 0.25) is 0 Å². The molecule has 70 heavy (non-hydrogen) atoms. The van der Waals surface area contributed by atoms with Gasteiger partial charge < -0.3 is 24.2 Å². The van der Waals surface area contributed by atoms with Gasteiger partial charge in [-0.1, -0.05) is 183 Å². The molecule has 0 aliphatic rings. The van der Waals surface area contributed by atoms with E-state index in [0.29, 0.717) is 19.3 Å². The molecular weight excluding hydrogens is 904 g/mol. The molecule has 3 atom stereocenters. The predicted molar refractivity (Wildman–Crippen MR) is 288 cm³/mol. The molecule has 0 amide bonds. The van der Waals surface area contributed by atoms with E-state index in [1.807, 2.05) is 0 Å². The minimum absolute atomic E-state index is 0.137. The normalized spacial score (nSPS) is 14.1. The first kappa shape index (κ1) is 66.7. The largest absolute Gasteiger partial charge is 0.472 e. The maximum atomic E-state index is 12.9. The fourth-order valence-electron chi connectivity index (χ4n) is 7.14. The summed E-state index contributed by atoms with van der Waals surface area (Å²) in [5.74, 6) is -1.53. The molecule has 3 unspecified atom stereocenters. The van der Waals surface area contributed by atoms with Gasteiger partial charge in [0.05, 0.1) is 19.8 Å². The van der Waals surface area contributed by atoms with Gasteiger partial charge >= 0.3 is 25.7 Å². The molecule has 11 nitrogen and oxygen atoms in total. The van der Waals surface area contributed by atoms with Crippen LogP contribution in [-0.2, 0) is 42.2 Å². The highest BCUT2D eigenvalue weighted by Gasteiger charge is 2.28. The molecule has 0 aliphatic heterocycles. The first-order valence-electron chi connectivity index (χ1n) is 27.5. The van der Waals surface area contributed by atoms with Crippen LogP contribution in [0.1, 0.15) is 226 Å². The fraction of sp³-hybridized carbons (Fsp3) is 0.707. The third-order valence-electron chi connectivity index (χ3n) is 11.3. The Hall–Kier alpha value is -3.34. The van der Waals surface area contributed by atoms with E-state index in [9.17, 15) is 28.9 Å². The summed E-state index contributed by atoms with van der Waals surface area (Å²) in [5.41, 5.74) is 0. The van der Waals surface area contributed by atoms with Crippen molar-refractivity contribution in [2.24, 2.45) is 0 Å². The molecule has 0 saturated carbocycles. The lowest BCUT2D eigenvalue weighted by Gasteiger charge is -2.21. The molecule has 0 radical (unpaired) electrons. The highest BCUT2D eigenvalue weighted by molar-refractivity contribution is 7.47. The van der Waals surface area contributed by atoms with Crippen molar-refractivity contribution in [2.75, 3.05) is 26.4 Å². The molecule has 0 aromatic heterocycles. The van der Waals surface area contributed by atoms with Gasteiger partial charge in [-0.15, -0.1) is 0 Å². The number of carbonyl (C=O) groups is 3. The van der Waals surface area contributed by atoms with Crippen molar-refractivity contribution in [1.82, 2.24) is 0 Å². The van der Waals surface area contributed by atoms with Crippen LogP contribution in [-0.4, -0.2) is 66.5 Å². The number of rotatable bonds is 50. The predicted octanol–water partition coefficient (Wildman–Crippen LogP) is 15.9. The topological polar surface area (TPSA) is 155 Å². The van der Waals surface area contributed by atoms with Crippen molar-refractivity contribution in [3.05, 3.63) is 85.1 Å². The van der Waals surface area contributed by atoms with Crippen LogP contribution in [0, 0.1) is 0 Å². The van der Waals surface area contributed by atoms with E-state index >= 15 is 0 Å². The van der Waals surface area contributed by atoms with Gasteiger partial charge in [0.25, 0.3) is 0 Å². The van der Waals surface area contributed by atoms with E-state index in [1.165, 1.54) is 38.5 Å². The molecule has 0 heterocycles. The second-order valence-electron chi connectivity index (χ2n) is 18.0. The minimum Gasteiger partial charge on any atom is -0.462 e. The van der Waals surface area contributed by atoms with Crippen molar-refractivity contribution in [2.45, 2.75) is 238 Å². The number of aliphatic hydroxyl groups excluding tert-OH is 1. The summed E-state index contributed by atoms with van der Waals surface area (Å²) in [7, 11) is -4.76. The van der Waals surface area contributed by atoms with E-state index in [1.54, 1.807) is 0 Å². The Bertz CT molecular complexity index is 1500. The number of phosphoric ester groups is 1. The zero-order chi connectivity index (χ0) is 51.3. The van der Waals surface area contributed by atoms with E-state index in [-0.39, 0.29) is 25.9 Å². The maximum Gasteiger partial charge on any atom is 0.472 e. The molecule has 0 spiro atoms. The number of allylic oxidation sites excluding steroid dienone is 14. The van der Waals surface area contributed by atoms with Crippen molar-refractivity contribution >= 4 is 25.7 Å². The van der Waals surface area contributed by atoms with Gasteiger partial charge in [0.1, 0.15) is 12.7 Å². The van der Waals surface area contributed by atoms with Crippen LogP contribution in [0.25, 0.3) is 0 Å². The second kappa shape index (κ2) is 52.0. The van der Waals surface area contributed by atoms with Crippen LogP contribution in [0.4, 0.5) is 0 Å². The molecule has 0 fully saturated rings. The van der Waals surface area contributed by atoms with E-state index in [2.05, 4.69) is 106 Å². The van der Waals surface area contributed by atoms with Crippen molar-refractivity contribution in [1.29, 1.82) is 0 Å². The van der Waals surface area contributed by atoms with Crippen LogP contribution in [0.15, 0.2) is 85.1 Å². The van der Waals surface area contributed by atoms with Crippen LogP contribution in [0.2, 0.25) is 0 Å². The van der Waals surface area contributed by atoms with Crippen molar-refractivity contribution in [3.63, 3.8) is 0 Å². The number of phosphoric acid groups is 1. The molecule has 12 heteroatoms. The number of unbranched alkanes of at least 4 members (excludes halogenated alkanes) is 19. The van der Waals surface area contributed by atoms with Gasteiger partial charge in [0.15, 0.2) is 6.10 Å². The summed E-state index contributed by atoms with van der Waals surface area (Å²) in [6.07, 6.45) is 58.3. The van der Waals surface area contributed by atoms with Gasteiger partial charge in [-0.05, 0) is 109 Å². The Labute approximate surface area is 426 Å². The lowest BCUT2D eigenvalue weighted by molar-refractivity contribution is -0.161. The molecule has 0 saturated heterocycles. The van der Waals surface area contributed by atoms with Crippen LogP contribution >= 0.6 is 7.82 Å². The molecule has 0 bridgehead atoms. The summed E-state index contributed by atoms with van der Waals surface area (Å²) in [6.45, 7) is 4.34. The molecule has 0 rings (SSSR count). The molecular formula is C58H99O11P. The quantitative estimate of drug-likeness (QED) is 0.0197. The third kappa shape index (κ3) is 49.6. The van der Waals surface area contributed by atoms with E-state index in [0.717, 1.165) is 128 Å². The smallest absolute Gasteiger partial charge is 0.462 e. The summed E-state index contributed by atoms with van der Waals surface area (Å²) in [5, 5.41) is 9.78. The van der Waals surface area contributed by atoms with E-state index in [4.69, 9.17) is 23.3 Å². The summed E-state index contributed by atoms with van der Waals surface area (Å²) < 4.78 is 39.4. The van der Waals surface area contributed by atoms with Crippen molar-refractivity contribution in [3.8, 4) is 0 Å². The first-order valence-corrected chi connectivity index (χ1v) is 29.0. The van der Waals surface area contributed by atoms with Crippen LogP contribution in [0.3, 0.4) is 0 Å². The Morgan fingerprint density at radius 3 is 1.17 bits per heavy atom. The number of hydrogen-bond acceptors (Lipinski definition) is 10. The molecule has 0 aromatic rings. The zero-order valence-electron chi connectivity index (χ0n) is 44.2. The molecule has 402 valence electrons. The standard InChI is InChI=1S/C58H99O11P/c1-4-7-10-13-16-19-22-25-27-30-32-35-38-41-44-47-56(60)65-51-55(69-58(62)49-46-43-40-37-34-31-28-26-23-20-17-14-11-8-5-2)53-67-70(63,64)66-52-54(50-59)68-57(61)48-45-42-39-36-33-29-24-21-18-15-12-9-6-3/h7,9-10,12,16,18-19,21,25-29,33,54-55,59H,4-6,8,11,13-15,17,20,22-24,30-32,34-53H2,1-3H3,(H,63,64)/b10-7-,12-9-,19-16-,21-18-,27-25-,28-26-,33-29-. The van der Waals surface area contributed by atoms with Gasteiger partial charge in [-0.25, -0.2) is 4.57 Å². The Morgan fingerprint density at radius 1 is 0.414 bits per heavy atom. The monoisotopic (exact) mass is 1000 g/mol. The Morgan fingerprint density at radius 2 is 0.743 bits per heavy atom. The Balaban J connectivity index is 4.80. The minimum atomic E-state index is -4.76. The zero-order valence-corrected chi connectivity index (χ0v) is 45.1. The van der Waals surface area contributed by atoms with Gasteiger partial charge in [0, 0.05) is 19.3 Å². The number of carbonyl (C=O) groups excluding carboxylic acids is 3. The Kier molecular flexibility index (Phi) is 49.5. The molecule has 2 N–H and O–H groups in total. The number of esters is 3. The van der Waals surface area contributed by atoms with E-state index < -0.39 is 57.8 Å². The first-order chi connectivity index (χ1) is 34.2. The average Bonchev–Trinajstić information content (AvgIpc) is 3.35. The highest BCUT2D eigenvalue weighted by atomic mass is 31.2. The molecule has 0 aromatic carbocycles. The number of aliphatic hydroxyl groups is 1. The average molecular weight is 1000 g/mol. The van der Waals surface area contributed by atoms with Crippen LogP contribution in [0.5, 0.6) is 0 Å².